The van der Waals surface area contributed by atoms with Gasteiger partial charge < -0.3 is 10.4 Å². The van der Waals surface area contributed by atoms with Gasteiger partial charge in [0.25, 0.3) is 0 Å². The molecule has 0 aromatic carbocycles. The Kier molecular flexibility index (Phi) is 7.08. The third-order valence-electron chi connectivity index (χ3n) is 6.60. The molecule has 7 heteroatoms. The van der Waals surface area contributed by atoms with E-state index in [4.69, 9.17) is 5.10 Å². The Labute approximate surface area is 195 Å². The Hall–Kier alpha value is -2.80. The van der Waals surface area contributed by atoms with Gasteiger partial charge in [-0.2, -0.15) is 0 Å². The summed E-state index contributed by atoms with van der Waals surface area (Å²) in [6, 6.07) is 6.26. The number of anilines is 1. The van der Waals surface area contributed by atoms with Gasteiger partial charge in [0.1, 0.15) is 5.69 Å². The van der Waals surface area contributed by atoms with Crippen molar-refractivity contribution >= 4 is 17.2 Å². The molecule has 2 N–H and O–H groups in total. The smallest absolute Gasteiger partial charge is 0.241 e. The molecular weight excluding hydrogens is 414 g/mol. The number of carbonyl (C=O) groups is 1. The molecular formula is C26H35N5O2. The Morgan fingerprint density at radius 2 is 1.91 bits per heavy atom. The lowest BCUT2D eigenvalue weighted by molar-refractivity contribution is 0.0963. The Morgan fingerprint density at radius 3 is 2.55 bits per heavy atom. The van der Waals surface area contributed by atoms with Crippen molar-refractivity contribution in [2.75, 3.05) is 5.32 Å². The third-order valence-corrected chi connectivity index (χ3v) is 6.60. The van der Waals surface area contributed by atoms with E-state index in [0.29, 0.717) is 29.9 Å². The van der Waals surface area contributed by atoms with Gasteiger partial charge >= 0.3 is 0 Å². The van der Waals surface area contributed by atoms with Crippen LogP contribution in [0.1, 0.15) is 88.3 Å². The lowest BCUT2D eigenvalue weighted by atomic mass is 9.85. The predicted octanol–water partition coefficient (Wildman–Crippen LogP) is 5.25. The fourth-order valence-corrected chi connectivity index (χ4v) is 4.49. The van der Waals surface area contributed by atoms with Crippen LogP contribution in [0.3, 0.4) is 0 Å². The number of nitrogens with one attached hydrogen (secondary N) is 1. The number of pyridine rings is 1. The molecule has 33 heavy (non-hydrogen) atoms. The highest BCUT2D eigenvalue weighted by atomic mass is 16.3. The minimum atomic E-state index is -0.204. The first-order valence-corrected chi connectivity index (χ1v) is 12.2. The molecule has 0 amide bonds. The summed E-state index contributed by atoms with van der Waals surface area (Å²) < 4.78 is 2.01. The van der Waals surface area contributed by atoms with E-state index >= 15 is 0 Å². The Morgan fingerprint density at radius 1 is 1.15 bits per heavy atom. The predicted molar refractivity (Wildman–Crippen MR) is 131 cm³/mol. The van der Waals surface area contributed by atoms with Crippen LogP contribution in [0.2, 0.25) is 0 Å². The first-order chi connectivity index (χ1) is 15.9. The average Bonchev–Trinajstić information content (AvgIpc) is 3.18. The quantitative estimate of drug-likeness (QED) is 0.456. The molecule has 4 rings (SSSR count). The summed E-state index contributed by atoms with van der Waals surface area (Å²) in [7, 11) is 0. The van der Waals surface area contributed by atoms with Crippen molar-refractivity contribution < 1.29 is 9.90 Å². The fraction of sp³-hybridized carbons (Fsp3) is 0.538. The van der Waals surface area contributed by atoms with E-state index in [1.807, 2.05) is 36.7 Å². The number of nitrogens with zero attached hydrogens (tertiary/aromatic N) is 4. The SMILES string of the molecule is CC[C@H](C)Nc1ncc2c(-c3ccc(C(=O)CC(C)C)nc3)cc(C3CCC(O)CC3)n2n1. The first kappa shape index (κ1) is 23.4. The summed E-state index contributed by atoms with van der Waals surface area (Å²) in [4.78, 5) is 21.4. The van der Waals surface area contributed by atoms with Crippen LogP contribution in [0.25, 0.3) is 16.6 Å². The zero-order valence-electron chi connectivity index (χ0n) is 20.1. The van der Waals surface area contributed by atoms with Gasteiger partial charge in [-0.15, -0.1) is 5.10 Å². The monoisotopic (exact) mass is 449 g/mol. The Balaban J connectivity index is 1.72. The second-order valence-electron chi connectivity index (χ2n) is 9.77. The van der Waals surface area contributed by atoms with E-state index in [0.717, 1.165) is 54.4 Å². The van der Waals surface area contributed by atoms with Crippen LogP contribution in [0, 0.1) is 5.92 Å². The molecule has 0 bridgehead atoms. The van der Waals surface area contributed by atoms with Gasteiger partial charge in [-0.3, -0.25) is 9.78 Å². The van der Waals surface area contributed by atoms with Crippen LogP contribution in [0.5, 0.6) is 0 Å². The van der Waals surface area contributed by atoms with E-state index in [1.54, 1.807) is 6.20 Å². The number of Topliss-reactive ketones (excluding diaryl/α,β-unsaturated/α-hetero) is 1. The fourth-order valence-electron chi connectivity index (χ4n) is 4.49. The molecule has 1 fully saturated rings. The van der Waals surface area contributed by atoms with Crippen molar-refractivity contribution in [3.8, 4) is 11.1 Å². The molecule has 1 aliphatic rings. The highest BCUT2D eigenvalue weighted by Crippen LogP contribution is 2.37. The summed E-state index contributed by atoms with van der Waals surface area (Å²) in [6.45, 7) is 8.32. The van der Waals surface area contributed by atoms with E-state index in [1.165, 1.54) is 0 Å². The second kappa shape index (κ2) is 10.00. The highest BCUT2D eigenvalue weighted by Gasteiger charge is 2.26. The molecule has 3 aromatic rings. The minimum Gasteiger partial charge on any atom is -0.393 e. The number of hydrogen-bond acceptors (Lipinski definition) is 6. The molecule has 1 aliphatic carbocycles. The zero-order valence-corrected chi connectivity index (χ0v) is 20.1. The molecule has 7 nitrogen and oxygen atoms in total. The number of carbonyl (C=O) groups excluding carboxylic acids is 1. The van der Waals surface area contributed by atoms with Crippen LogP contribution in [-0.2, 0) is 0 Å². The zero-order chi connectivity index (χ0) is 23.5. The average molecular weight is 450 g/mol. The lowest BCUT2D eigenvalue weighted by Crippen LogP contribution is -2.19. The third kappa shape index (κ3) is 5.24. The molecule has 0 aliphatic heterocycles. The van der Waals surface area contributed by atoms with Gasteiger partial charge in [-0.1, -0.05) is 26.8 Å². The Bertz CT molecular complexity index is 1100. The normalized spacial score (nSPS) is 19.7. The standard InChI is InChI=1S/C26H35N5O2/c1-5-17(4)29-26-28-15-24-21(19-8-11-22(27-14-19)25(33)12-16(2)3)13-23(31(24)30-26)18-6-9-20(32)10-7-18/h8,11,13-18,20,32H,5-7,9-10,12H2,1-4H3,(H,29,30)/t17-,18?,20?/m0/s1. The first-order valence-electron chi connectivity index (χ1n) is 12.2. The molecule has 1 atom stereocenters. The van der Waals surface area contributed by atoms with Gasteiger partial charge in [-0.05, 0) is 57.1 Å². The summed E-state index contributed by atoms with van der Waals surface area (Å²) >= 11 is 0. The summed E-state index contributed by atoms with van der Waals surface area (Å²) in [5, 5.41) is 18.2. The van der Waals surface area contributed by atoms with E-state index in [9.17, 15) is 9.90 Å². The number of fused-ring (bicyclic) bond motifs is 1. The van der Waals surface area contributed by atoms with Gasteiger partial charge in [0.2, 0.25) is 5.95 Å². The van der Waals surface area contributed by atoms with Crippen molar-refractivity contribution in [1.29, 1.82) is 0 Å². The molecule has 0 unspecified atom stereocenters. The van der Waals surface area contributed by atoms with Gasteiger partial charge in [0.05, 0.1) is 17.8 Å². The van der Waals surface area contributed by atoms with Gasteiger partial charge in [0.15, 0.2) is 5.78 Å². The van der Waals surface area contributed by atoms with Crippen LogP contribution >= 0.6 is 0 Å². The van der Waals surface area contributed by atoms with E-state index < -0.39 is 0 Å². The van der Waals surface area contributed by atoms with Crippen LogP contribution in [0.15, 0.2) is 30.6 Å². The number of hydrogen-bond donors (Lipinski definition) is 2. The summed E-state index contributed by atoms with van der Waals surface area (Å²) in [5.74, 6) is 1.33. The van der Waals surface area contributed by atoms with Crippen molar-refractivity contribution in [1.82, 2.24) is 19.6 Å². The maximum absolute atomic E-state index is 12.4. The van der Waals surface area contributed by atoms with Crippen LogP contribution < -0.4 is 5.32 Å². The number of aliphatic hydroxyl groups excluding tert-OH is 1. The second-order valence-corrected chi connectivity index (χ2v) is 9.77. The number of rotatable bonds is 8. The molecule has 176 valence electrons. The topological polar surface area (TPSA) is 92.4 Å². The number of aromatic nitrogens is 4. The van der Waals surface area contributed by atoms with Gasteiger partial charge in [-0.25, -0.2) is 9.50 Å². The largest absolute Gasteiger partial charge is 0.393 e. The molecule has 3 heterocycles. The number of ketones is 1. The van der Waals surface area contributed by atoms with Crippen molar-refractivity contribution in [2.24, 2.45) is 5.92 Å². The molecule has 1 saturated carbocycles. The molecule has 0 saturated heterocycles. The minimum absolute atomic E-state index is 0.0730. The maximum atomic E-state index is 12.4. The summed E-state index contributed by atoms with van der Waals surface area (Å²) in [6.07, 6.45) is 8.42. The van der Waals surface area contributed by atoms with E-state index in [2.05, 4.69) is 35.2 Å². The number of aliphatic hydroxyl groups is 1. The van der Waals surface area contributed by atoms with Crippen LogP contribution in [0.4, 0.5) is 5.95 Å². The maximum Gasteiger partial charge on any atom is 0.241 e. The highest BCUT2D eigenvalue weighted by molar-refractivity contribution is 5.94. The van der Waals surface area contributed by atoms with Crippen molar-refractivity contribution in [2.45, 2.75) is 84.3 Å². The van der Waals surface area contributed by atoms with Gasteiger partial charge in [0, 0.05) is 41.4 Å². The molecule has 0 radical (unpaired) electrons. The van der Waals surface area contributed by atoms with Crippen LogP contribution in [-0.4, -0.2) is 42.6 Å². The molecule has 0 spiro atoms. The van der Waals surface area contributed by atoms with Crippen molar-refractivity contribution in [3.63, 3.8) is 0 Å². The summed E-state index contributed by atoms with van der Waals surface area (Å²) in [5.41, 5.74) is 4.53. The molecule has 3 aromatic heterocycles. The lowest BCUT2D eigenvalue weighted by Gasteiger charge is -2.25. The van der Waals surface area contributed by atoms with Crippen molar-refractivity contribution in [3.05, 3.63) is 42.0 Å². The van der Waals surface area contributed by atoms with E-state index in [-0.39, 0.29) is 17.9 Å².